The minimum absolute atomic E-state index is 0.0573. The van der Waals surface area contributed by atoms with E-state index < -0.39 is 7.25 Å². The van der Waals surface area contributed by atoms with E-state index in [-0.39, 0.29) is 5.41 Å². The second kappa shape index (κ2) is 8.33. The highest BCUT2D eigenvalue weighted by Gasteiger charge is 2.42. The maximum absolute atomic E-state index is 9.75. The van der Waals surface area contributed by atoms with Gasteiger partial charge < -0.3 is 17.3 Å². The van der Waals surface area contributed by atoms with Crippen molar-refractivity contribution in [3.05, 3.63) is 78.4 Å². The minimum atomic E-state index is -6.00. The highest BCUT2D eigenvalue weighted by atomic mass is 19.5. The van der Waals surface area contributed by atoms with Crippen LogP contribution in [0.4, 0.5) is 23.0 Å². The van der Waals surface area contributed by atoms with Gasteiger partial charge in [0, 0.05) is 18.6 Å². The molecule has 1 nitrogen and oxygen atoms in total. The van der Waals surface area contributed by atoms with Crippen LogP contribution in [0.5, 0.6) is 0 Å². The third-order valence-corrected chi connectivity index (χ3v) is 6.65. The van der Waals surface area contributed by atoms with Gasteiger partial charge in [-0.3, -0.25) is 0 Å². The van der Waals surface area contributed by atoms with Crippen LogP contribution in [0, 0.1) is 0 Å². The van der Waals surface area contributed by atoms with Gasteiger partial charge in [0.2, 0.25) is 5.69 Å². The third-order valence-electron chi connectivity index (χ3n) is 6.65. The molecule has 0 saturated carbocycles. The molecule has 0 spiro atoms. The molecule has 0 aliphatic carbocycles. The molecule has 0 N–H and O–H groups in total. The van der Waals surface area contributed by atoms with E-state index >= 15 is 0 Å². The van der Waals surface area contributed by atoms with Crippen molar-refractivity contribution in [3.8, 4) is 11.1 Å². The molecule has 0 saturated heterocycles. The fourth-order valence-electron chi connectivity index (χ4n) is 4.87. The Morgan fingerprint density at radius 2 is 1.30 bits per heavy atom. The average Bonchev–Trinajstić information content (AvgIpc) is 2.95. The summed E-state index contributed by atoms with van der Waals surface area (Å²) in [5, 5.41) is 5.25. The molecule has 5 rings (SSSR count). The van der Waals surface area contributed by atoms with Crippen LogP contribution in [0.25, 0.3) is 32.7 Å². The molecule has 0 unspecified atom stereocenters. The highest BCUT2D eigenvalue weighted by Crippen LogP contribution is 2.44. The zero-order valence-corrected chi connectivity index (χ0v) is 19.2. The molecule has 0 aromatic heterocycles. The van der Waals surface area contributed by atoms with E-state index in [0.29, 0.717) is 0 Å². The molecule has 4 aromatic rings. The Hall–Kier alpha value is -3.15. The van der Waals surface area contributed by atoms with Gasteiger partial charge in [0.15, 0.2) is 5.71 Å². The summed E-state index contributed by atoms with van der Waals surface area (Å²) < 4.78 is 41.5. The Labute approximate surface area is 191 Å². The summed E-state index contributed by atoms with van der Waals surface area (Å²) in [5.74, 6) is 0. The lowest BCUT2D eigenvalue weighted by Crippen LogP contribution is -2.26. The van der Waals surface area contributed by atoms with Crippen molar-refractivity contribution >= 4 is 40.2 Å². The lowest BCUT2D eigenvalue weighted by Gasteiger charge is -2.17. The van der Waals surface area contributed by atoms with E-state index in [1.165, 1.54) is 49.6 Å². The van der Waals surface area contributed by atoms with E-state index in [1.807, 2.05) is 0 Å². The Morgan fingerprint density at radius 1 is 0.788 bits per heavy atom. The van der Waals surface area contributed by atoms with Crippen LogP contribution in [0.2, 0.25) is 0 Å². The van der Waals surface area contributed by atoms with Gasteiger partial charge in [-0.1, -0.05) is 48.5 Å². The molecule has 1 aliphatic rings. The minimum Gasteiger partial charge on any atom is -0.418 e. The molecule has 1 aliphatic heterocycles. The van der Waals surface area contributed by atoms with Gasteiger partial charge in [-0.25, -0.2) is 0 Å². The normalized spacial score (nSPS) is 14.9. The summed E-state index contributed by atoms with van der Waals surface area (Å²) in [7, 11) is -6.00. The standard InChI is InChI=1S/C27H26N.BF4/c1-5-28-18(2)27(3,4)24-17-21(14-15-25(24)28)26-22-12-8-6-10-19(22)16-20-11-7-9-13-23(20)26;2-1(3,4)5/h6-17H,5H2,1-4H3;/q+1;-1. The largest absolute Gasteiger partial charge is 0.673 e. The molecule has 6 heteroatoms. The first-order valence-electron chi connectivity index (χ1n) is 11.1. The van der Waals surface area contributed by atoms with Crippen molar-refractivity contribution in [1.82, 2.24) is 0 Å². The van der Waals surface area contributed by atoms with Gasteiger partial charge in [-0.2, -0.15) is 4.58 Å². The molecule has 0 bridgehead atoms. The topological polar surface area (TPSA) is 3.01 Å². The number of fused-ring (bicyclic) bond motifs is 3. The maximum atomic E-state index is 9.75. The van der Waals surface area contributed by atoms with Gasteiger partial charge in [0.25, 0.3) is 0 Å². The van der Waals surface area contributed by atoms with Gasteiger partial charge in [-0.15, -0.1) is 0 Å². The molecule has 33 heavy (non-hydrogen) atoms. The van der Waals surface area contributed by atoms with Crippen molar-refractivity contribution in [2.45, 2.75) is 33.1 Å². The van der Waals surface area contributed by atoms with Crippen LogP contribution in [0.1, 0.15) is 33.3 Å². The fraction of sp³-hybridized carbons (Fsp3) is 0.222. The van der Waals surface area contributed by atoms with Gasteiger partial charge in [-0.05, 0) is 71.6 Å². The molecule has 0 radical (unpaired) electrons. The summed E-state index contributed by atoms with van der Waals surface area (Å²) in [6.45, 7) is 10.2. The lowest BCUT2D eigenvalue weighted by atomic mass is 9.80. The Balaban J connectivity index is 0.000000471. The first kappa shape index (κ1) is 23.0. The van der Waals surface area contributed by atoms with E-state index in [9.17, 15) is 17.3 Å². The zero-order chi connectivity index (χ0) is 24.0. The molecule has 0 fully saturated rings. The molecule has 1 heterocycles. The van der Waals surface area contributed by atoms with Gasteiger partial charge >= 0.3 is 7.25 Å². The number of rotatable bonds is 2. The molecular formula is C27H26BF4N. The predicted octanol–water partition coefficient (Wildman–Crippen LogP) is 8.38. The molecule has 0 atom stereocenters. The summed E-state index contributed by atoms with van der Waals surface area (Å²) in [5.41, 5.74) is 6.94. The van der Waals surface area contributed by atoms with Crippen molar-refractivity contribution < 1.29 is 21.8 Å². The number of hydrogen-bond donors (Lipinski definition) is 0. The Kier molecular flexibility index (Phi) is 5.81. The van der Waals surface area contributed by atoms with E-state index in [2.05, 4.69) is 105 Å². The second-order valence-electron chi connectivity index (χ2n) is 8.88. The predicted molar refractivity (Wildman–Crippen MR) is 131 cm³/mol. The van der Waals surface area contributed by atoms with Crippen LogP contribution < -0.4 is 0 Å². The SMILES string of the molecule is CC[N+]1=C(C)C(C)(C)c2cc(-c3c4ccccc4cc4ccccc34)ccc21.F[B-](F)(F)F. The molecule has 0 amide bonds. The Bertz CT molecular complexity index is 1330. The van der Waals surface area contributed by atoms with Crippen LogP contribution in [-0.4, -0.2) is 24.1 Å². The van der Waals surface area contributed by atoms with Crippen LogP contribution >= 0.6 is 0 Å². The fourth-order valence-corrected chi connectivity index (χ4v) is 4.87. The van der Waals surface area contributed by atoms with Crippen molar-refractivity contribution in [2.24, 2.45) is 0 Å². The van der Waals surface area contributed by atoms with Gasteiger partial charge in [0.1, 0.15) is 6.54 Å². The third kappa shape index (κ3) is 4.26. The number of hydrogen-bond acceptors (Lipinski definition) is 0. The van der Waals surface area contributed by atoms with Crippen molar-refractivity contribution in [3.63, 3.8) is 0 Å². The lowest BCUT2D eigenvalue weighted by molar-refractivity contribution is -0.434. The van der Waals surface area contributed by atoms with Crippen molar-refractivity contribution in [2.75, 3.05) is 6.54 Å². The first-order chi connectivity index (χ1) is 15.5. The van der Waals surface area contributed by atoms with E-state index in [4.69, 9.17) is 0 Å². The second-order valence-corrected chi connectivity index (χ2v) is 8.88. The number of nitrogens with zero attached hydrogens (tertiary/aromatic N) is 1. The number of halogens is 4. The smallest absolute Gasteiger partial charge is 0.418 e. The monoisotopic (exact) mass is 451 g/mol. The maximum Gasteiger partial charge on any atom is 0.673 e. The summed E-state index contributed by atoms with van der Waals surface area (Å²) in [6, 6.07) is 26.9. The van der Waals surface area contributed by atoms with E-state index in [0.717, 1.165) is 6.54 Å². The van der Waals surface area contributed by atoms with Crippen molar-refractivity contribution in [1.29, 1.82) is 0 Å². The van der Waals surface area contributed by atoms with Crippen LogP contribution in [0.15, 0.2) is 72.8 Å². The average molecular weight is 451 g/mol. The first-order valence-corrected chi connectivity index (χ1v) is 11.1. The molecule has 170 valence electrons. The van der Waals surface area contributed by atoms with E-state index in [1.54, 1.807) is 0 Å². The zero-order valence-electron chi connectivity index (χ0n) is 19.2. The van der Waals surface area contributed by atoms with Gasteiger partial charge in [0.05, 0.1) is 5.41 Å². The van der Waals surface area contributed by atoms with Crippen LogP contribution in [-0.2, 0) is 5.41 Å². The summed E-state index contributed by atoms with van der Waals surface area (Å²) >= 11 is 0. The quantitative estimate of drug-likeness (QED) is 0.125. The number of benzene rings is 4. The van der Waals surface area contributed by atoms with Crippen LogP contribution in [0.3, 0.4) is 0 Å². The molecular weight excluding hydrogens is 425 g/mol. The highest BCUT2D eigenvalue weighted by molar-refractivity contribution is 6.50. The summed E-state index contributed by atoms with van der Waals surface area (Å²) in [4.78, 5) is 0. The Morgan fingerprint density at radius 3 is 1.82 bits per heavy atom. The molecule has 4 aromatic carbocycles. The summed E-state index contributed by atoms with van der Waals surface area (Å²) in [6.07, 6.45) is 0.